The zero-order valence-corrected chi connectivity index (χ0v) is 12.0. The topological polar surface area (TPSA) is 54.0 Å². The second kappa shape index (κ2) is 7.32. The molecule has 0 radical (unpaired) electrons. The Morgan fingerprint density at radius 3 is 2.76 bits per heavy atom. The SMILES string of the molecule is C#CCNC(=O)c1cccnc1NCc1ccc(Cl)cc1. The summed E-state index contributed by atoms with van der Waals surface area (Å²) in [5.74, 6) is 2.63. The first-order chi connectivity index (χ1) is 10.2. The van der Waals surface area contributed by atoms with E-state index in [2.05, 4.69) is 21.5 Å². The van der Waals surface area contributed by atoms with Crippen molar-refractivity contribution in [2.45, 2.75) is 6.54 Å². The van der Waals surface area contributed by atoms with Gasteiger partial charge in [-0.15, -0.1) is 6.42 Å². The highest BCUT2D eigenvalue weighted by molar-refractivity contribution is 6.30. The molecule has 1 aromatic heterocycles. The molecule has 21 heavy (non-hydrogen) atoms. The molecule has 2 rings (SSSR count). The minimum absolute atomic E-state index is 0.185. The van der Waals surface area contributed by atoms with Crippen LogP contribution in [0.4, 0.5) is 5.82 Å². The third-order valence-corrected chi connectivity index (χ3v) is 3.03. The van der Waals surface area contributed by atoms with Gasteiger partial charge < -0.3 is 10.6 Å². The summed E-state index contributed by atoms with van der Waals surface area (Å²) in [5, 5.41) is 6.45. The summed E-state index contributed by atoms with van der Waals surface area (Å²) in [4.78, 5) is 16.2. The Morgan fingerprint density at radius 2 is 2.05 bits per heavy atom. The molecule has 0 aliphatic carbocycles. The largest absolute Gasteiger partial charge is 0.365 e. The molecule has 106 valence electrons. The van der Waals surface area contributed by atoms with E-state index in [0.29, 0.717) is 22.9 Å². The number of hydrogen-bond donors (Lipinski definition) is 2. The quantitative estimate of drug-likeness (QED) is 0.835. The van der Waals surface area contributed by atoms with Gasteiger partial charge in [-0.3, -0.25) is 4.79 Å². The second-order valence-electron chi connectivity index (χ2n) is 4.27. The lowest BCUT2D eigenvalue weighted by Gasteiger charge is -2.10. The van der Waals surface area contributed by atoms with Crippen LogP contribution in [0.5, 0.6) is 0 Å². The average molecular weight is 300 g/mol. The highest BCUT2D eigenvalue weighted by Gasteiger charge is 2.11. The van der Waals surface area contributed by atoms with E-state index in [1.807, 2.05) is 24.3 Å². The van der Waals surface area contributed by atoms with Gasteiger partial charge in [0.1, 0.15) is 5.82 Å². The van der Waals surface area contributed by atoms with Gasteiger partial charge in [0.15, 0.2) is 0 Å². The molecule has 0 fully saturated rings. The predicted molar refractivity (Wildman–Crippen MR) is 84.2 cm³/mol. The first kappa shape index (κ1) is 14.9. The number of hydrogen-bond acceptors (Lipinski definition) is 3. The number of nitrogens with zero attached hydrogens (tertiary/aromatic N) is 1. The van der Waals surface area contributed by atoms with Crippen molar-refractivity contribution in [2.75, 3.05) is 11.9 Å². The Morgan fingerprint density at radius 1 is 1.29 bits per heavy atom. The van der Waals surface area contributed by atoms with Gasteiger partial charge in [-0.25, -0.2) is 4.98 Å². The summed E-state index contributed by atoms with van der Waals surface area (Å²) in [5.41, 5.74) is 1.50. The van der Waals surface area contributed by atoms with Crippen molar-refractivity contribution in [3.8, 4) is 12.3 Å². The molecule has 0 bridgehead atoms. The van der Waals surface area contributed by atoms with Crippen molar-refractivity contribution < 1.29 is 4.79 Å². The molecule has 0 unspecified atom stereocenters. The van der Waals surface area contributed by atoms with E-state index < -0.39 is 0 Å². The summed E-state index contributed by atoms with van der Waals surface area (Å²) < 4.78 is 0. The number of anilines is 1. The van der Waals surface area contributed by atoms with Crippen LogP contribution in [0.1, 0.15) is 15.9 Å². The number of nitrogens with one attached hydrogen (secondary N) is 2. The number of pyridine rings is 1. The molecule has 0 spiro atoms. The van der Waals surface area contributed by atoms with Gasteiger partial charge >= 0.3 is 0 Å². The fourth-order valence-electron chi connectivity index (χ4n) is 1.74. The number of halogens is 1. The Labute approximate surface area is 128 Å². The second-order valence-corrected chi connectivity index (χ2v) is 4.70. The standard InChI is InChI=1S/C16H14ClN3O/c1-2-9-19-16(21)14-4-3-10-18-15(14)20-11-12-5-7-13(17)8-6-12/h1,3-8,10H,9,11H2,(H,18,20)(H,19,21). The number of benzene rings is 1. The lowest BCUT2D eigenvalue weighted by Crippen LogP contribution is -2.24. The number of aromatic nitrogens is 1. The summed E-state index contributed by atoms with van der Waals surface area (Å²) in [6.07, 6.45) is 6.76. The van der Waals surface area contributed by atoms with E-state index in [-0.39, 0.29) is 12.5 Å². The highest BCUT2D eigenvalue weighted by Crippen LogP contribution is 2.14. The van der Waals surface area contributed by atoms with Gasteiger partial charge in [0.25, 0.3) is 5.91 Å². The average Bonchev–Trinajstić information content (AvgIpc) is 2.52. The number of terminal acetylenes is 1. The van der Waals surface area contributed by atoms with Crippen molar-refractivity contribution in [3.05, 3.63) is 58.7 Å². The van der Waals surface area contributed by atoms with Crippen LogP contribution >= 0.6 is 11.6 Å². The van der Waals surface area contributed by atoms with Crippen LogP contribution in [0.25, 0.3) is 0 Å². The zero-order chi connectivity index (χ0) is 15.1. The number of rotatable bonds is 5. The molecule has 0 saturated heterocycles. The molecule has 1 heterocycles. The number of carbonyl (C=O) groups is 1. The van der Waals surface area contributed by atoms with E-state index in [4.69, 9.17) is 18.0 Å². The molecular weight excluding hydrogens is 286 g/mol. The maximum atomic E-state index is 12.0. The summed E-state index contributed by atoms with van der Waals surface area (Å²) in [6.45, 7) is 0.730. The molecule has 1 amide bonds. The van der Waals surface area contributed by atoms with E-state index in [0.717, 1.165) is 5.56 Å². The van der Waals surface area contributed by atoms with Gasteiger partial charge in [-0.1, -0.05) is 29.7 Å². The summed E-state index contributed by atoms with van der Waals surface area (Å²) >= 11 is 5.84. The molecule has 0 saturated carbocycles. The molecule has 0 aliphatic heterocycles. The molecule has 2 N–H and O–H groups in total. The van der Waals surface area contributed by atoms with Crippen LogP contribution < -0.4 is 10.6 Å². The zero-order valence-electron chi connectivity index (χ0n) is 11.3. The van der Waals surface area contributed by atoms with Crippen molar-refractivity contribution in [1.29, 1.82) is 0 Å². The Bertz CT molecular complexity index is 662. The van der Waals surface area contributed by atoms with Gasteiger partial charge in [0.2, 0.25) is 0 Å². The Hall–Kier alpha value is -2.51. The van der Waals surface area contributed by atoms with Crippen LogP contribution in [0, 0.1) is 12.3 Å². The monoisotopic (exact) mass is 299 g/mol. The lowest BCUT2D eigenvalue weighted by atomic mass is 10.2. The minimum Gasteiger partial charge on any atom is -0.365 e. The number of carbonyl (C=O) groups excluding carboxylic acids is 1. The summed E-state index contributed by atoms with van der Waals surface area (Å²) in [7, 11) is 0. The third kappa shape index (κ3) is 4.23. The van der Waals surface area contributed by atoms with E-state index in [1.165, 1.54) is 0 Å². The van der Waals surface area contributed by atoms with Crippen LogP contribution in [-0.2, 0) is 6.54 Å². The third-order valence-electron chi connectivity index (χ3n) is 2.78. The normalized spacial score (nSPS) is 9.71. The molecular formula is C16H14ClN3O. The minimum atomic E-state index is -0.250. The number of amides is 1. The maximum absolute atomic E-state index is 12.0. The highest BCUT2D eigenvalue weighted by atomic mass is 35.5. The molecule has 0 atom stereocenters. The molecule has 5 heteroatoms. The lowest BCUT2D eigenvalue weighted by molar-refractivity contribution is 0.0959. The first-order valence-electron chi connectivity index (χ1n) is 6.35. The molecule has 0 aliphatic rings. The molecule has 4 nitrogen and oxygen atoms in total. The predicted octanol–water partition coefficient (Wildman–Crippen LogP) is 2.71. The van der Waals surface area contributed by atoms with Gasteiger partial charge in [0, 0.05) is 17.8 Å². The maximum Gasteiger partial charge on any atom is 0.255 e. The van der Waals surface area contributed by atoms with Crippen LogP contribution in [0.2, 0.25) is 5.02 Å². The van der Waals surface area contributed by atoms with Gasteiger partial charge in [-0.2, -0.15) is 0 Å². The van der Waals surface area contributed by atoms with E-state index >= 15 is 0 Å². The molecule has 1 aromatic carbocycles. The summed E-state index contributed by atoms with van der Waals surface area (Å²) in [6, 6.07) is 10.9. The van der Waals surface area contributed by atoms with Crippen LogP contribution in [0.15, 0.2) is 42.6 Å². The Kier molecular flexibility index (Phi) is 5.19. The van der Waals surface area contributed by atoms with Crippen molar-refractivity contribution in [3.63, 3.8) is 0 Å². The fraction of sp³-hybridized carbons (Fsp3) is 0.125. The van der Waals surface area contributed by atoms with E-state index in [1.54, 1.807) is 18.3 Å². The van der Waals surface area contributed by atoms with E-state index in [9.17, 15) is 4.79 Å². The van der Waals surface area contributed by atoms with Crippen molar-refractivity contribution >= 4 is 23.3 Å². The van der Waals surface area contributed by atoms with Crippen molar-refractivity contribution in [1.82, 2.24) is 10.3 Å². The van der Waals surface area contributed by atoms with Gasteiger partial charge in [-0.05, 0) is 29.8 Å². The first-order valence-corrected chi connectivity index (χ1v) is 6.73. The van der Waals surface area contributed by atoms with Crippen LogP contribution in [-0.4, -0.2) is 17.4 Å². The van der Waals surface area contributed by atoms with Gasteiger partial charge in [0.05, 0.1) is 12.1 Å². The fourth-order valence-corrected chi connectivity index (χ4v) is 1.87. The van der Waals surface area contributed by atoms with Crippen molar-refractivity contribution in [2.24, 2.45) is 0 Å². The van der Waals surface area contributed by atoms with Crippen LogP contribution in [0.3, 0.4) is 0 Å². The Balaban J connectivity index is 2.08. The molecule has 2 aromatic rings. The smallest absolute Gasteiger partial charge is 0.255 e.